The maximum atomic E-state index is 13.7. The summed E-state index contributed by atoms with van der Waals surface area (Å²) in [5.41, 5.74) is -0.191. The molecule has 3 rings (SSSR count). The minimum Gasteiger partial charge on any atom is -0.449 e. The summed E-state index contributed by atoms with van der Waals surface area (Å²) >= 11 is 0. The fourth-order valence-electron chi connectivity index (χ4n) is 4.62. The van der Waals surface area contributed by atoms with Crippen molar-refractivity contribution in [2.45, 2.75) is 50.5 Å². The first-order chi connectivity index (χ1) is 17.4. The van der Waals surface area contributed by atoms with Crippen molar-refractivity contribution in [3.63, 3.8) is 0 Å². The summed E-state index contributed by atoms with van der Waals surface area (Å²) in [5.74, 6) is -4.39. The number of alkyl halides is 2. The first-order valence-electron chi connectivity index (χ1n) is 12.3. The number of halogens is 2. The van der Waals surface area contributed by atoms with Crippen molar-refractivity contribution in [1.82, 2.24) is 15.1 Å². The van der Waals surface area contributed by atoms with Gasteiger partial charge in [0.2, 0.25) is 0 Å². The van der Waals surface area contributed by atoms with Gasteiger partial charge in [-0.25, -0.2) is 13.6 Å². The molecule has 0 saturated carbocycles. The fourth-order valence-corrected chi connectivity index (χ4v) is 4.62. The lowest BCUT2D eigenvalue weighted by molar-refractivity contribution is -0.125. The standard InChI is InChI=1S/C25H33BF2N4O5/c1-24(2,32-11-9-25(27,28)17-32)13-20(14-29)22(33)31-10-8-19(15-31)16-37-23(34)30-21(26(35)36)12-18-6-4-3-5-7-18/h3-7,13,19,21,35-36H,8-12,15-17H2,1-2H3,(H,30,34)/t19-,21?/m0/s1. The molecule has 2 heterocycles. The highest BCUT2D eigenvalue weighted by molar-refractivity contribution is 6.43. The second-order valence-electron chi connectivity index (χ2n) is 10.2. The van der Waals surface area contributed by atoms with E-state index in [-0.39, 0.29) is 44.0 Å². The van der Waals surface area contributed by atoms with Crippen LogP contribution in [-0.2, 0) is 16.0 Å². The van der Waals surface area contributed by atoms with Crippen molar-refractivity contribution in [2.75, 3.05) is 32.8 Å². The van der Waals surface area contributed by atoms with Gasteiger partial charge in [0.25, 0.3) is 11.8 Å². The van der Waals surface area contributed by atoms with Crippen molar-refractivity contribution in [2.24, 2.45) is 5.92 Å². The number of hydrogen-bond acceptors (Lipinski definition) is 7. The quantitative estimate of drug-likeness (QED) is 0.258. The van der Waals surface area contributed by atoms with E-state index in [1.807, 2.05) is 12.1 Å². The zero-order valence-corrected chi connectivity index (χ0v) is 21.1. The molecule has 2 atom stereocenters. The van der Waals surface area contributed by atoms with Gasteiger partial charge in [-0.05, 0) is 38.3 Å². The van der Waals surface area contributed by atoms with Crippen molar-refractivity contribution >= 4 is 19.1 Å². The highest BCUT2D eigenvalue weighted by Gasteiger charge is 2.43. The topological polar surface area (TPSA) is 126 Å². The van der Waals surface area contributed by atoms with E-state index in [0.29, 0.717) is 13.0 Å². The zero-order chi connectivity index (χ0) is 27.2. The molecule has 2 fully saturated rings. The maximum absolute atomic E-state index is 13.7. The van der Waals surface area contributed by atoms with Crippen molar-refractivity contribution in [3.8, 4) is 6.07 Å². The minimum atomic E-state index is -2.78. The van der Waals surface area contributed by atoms with E-state index in [4.69, 9.17) is 4.74 Å². The molecule has 1 aromatic rings. The van der Waals surface area contributed by atoms with Gasteiger partial charge >= 0.3 is 13.2 Å². The molecule has 1 aromatic carbocycles. The Morgan fingerprint density at radius 2 is 2.03 bits per heavy atom. The second kappa shape index (κ2) is 12.0. The Bertz CT molecular complexity index is 1030. The molecule has 0 aromatic heterocycles. The molecule has 0 spiro atoms. The molecule has 0 bridgehead atoms. The molecular formula is C25H33BF2N4O5. The highest BCUT2D eigenvalue weighted by atomic mass is 19.3. The molecule has 3 N–H and O–H groups in total. The molecule has 200 valence electrons. The summed E-state index contributed by atoms with van der Waals surface area (Å²) in [6.07, 6.45) is 1.14. The Morgan fingerprint density at radius 3 is 2.62 bits per heavy atom. The number of carbonyl (C=O) groups is 2. The number of nitrogens with zero attached hydrogens (tertiary/aromatic N) is 3. The van der Waals surface area contributed by atoms with Crippen LogP contribution >= 0.6 is 0 Å². The summed E-state index contributed by atoms with van der Waals surface area (Å²) in [6, 6.07) is 11.0. The van der Waals surface area contributed by atoms with Gasteiger partial charge < -0.3 is 25.0 Å². The van der Waals surface area contributed by atoms with E-state index >= 15 is 0 Å². The maximum Gasteiger partial charge on any atom is 0.475 e. The van der Waals surface area contributed by atoms with Gasteiger partial charge in [0.15, 0.2) is 0 Å². The van der Waals surface area contributed by atoms with Crippen LogP contribution in [0.3, 0.4) is 0 Å². The number of alkyl carbamates (subject to hydrolysis) is 1. The average molecular weight is 518 g/mol. The smallest absolute Gasteiger partial charge is 0.449 e. The number of nitrogens with one attached hydrogen (secondary N) is 1. The lowest BCUT2D eigenvalue weighted by atomic mass is 9.76. The van der Waals surface area contributed by atoms with Crippen LogP contribution in [0.15, 0.2) is 42.0 Å². The van der Waals surface area contributed by atoms with E-state index < -0.39 is 43.1 Å². The third kappa shape index (κ3) is 7.99. The van der Waals surface area contributed by atoms with Gasteiger partial charge in [-0.2, -0.15) is 5.26 Å². The Balaban J connectivity index is 1.50. The second-order valence-corrected chi connectivity index (χ2v) is 10.2. The number of ether oxygens (including phenoxy) is 1. The molecule has 12 heteroatoms. The van der Waals surface area contributed by atoms with Crippen molar-refractivity contribution in [1.29, 1.82) is 5.26 Å². The Kier molecular flexibility index (Phi) is 9.28. The summed E-state index contributed by atoms with van der Waals surface area (Å²) in [4.78, 5) is 28.3. The van der Waals surface area contributed by atoms with Crippen LogP contribution in [-0.4, -0.2) is 89.2 Å². The third-order valence-electron chi connectivity index (χ3n) is 6.82. The summed E-state index contributed by atoms with van der Waals surface area (Å²) < 4.78 is 32.6. The number of nitriles is 1. The lowest BCUT2D eigenvalue weighted by Crippen LogP contribution is -2.48. The van der Waals surface area contributed by atoms with Crippen molar-refractivity contribution < 1.29 is 33.2 Å². The Morgan fingerprint density at radius 1 is 1.32 bits per heavy atom. The van der Waals surface area contributed by atoms with Crippen LogP contribution in [0.5, 0.6) is 0 Å². The first kappa shape index (κ1) is 28.6. The number of likely N-dealkylation sites (tertiary alicyclic amines) is 2. The molecule has 2 aliphatic heterocycles. The number of rotatable bonds is 9. The minimum absolute atomic E-state index is 0.00908. The number of amides is 2. The van der Waals surface area contributed by atoms with Gasteiger partial charge in [-0.1, -0.05) is 30.3 Å². The van der Waals surface area contributed by atoms with Crippen LogP contribution < -0.4 is 5.32 Å². The fraction of sp³-hybridized carbons (Fsp3) is 0.560. The first-order valence-corrected chi connectivity index (χ1v) is 12.3. The van der Waals surface area contributed by atoms with Gasteiger partial charge in [0.1, 0.15) is 11.6 Å². The Labute approximate surface area is 215 Å². The largest absolute Gasteiger partial charge is 0.475 e. The molecule has 9 nitrogen and oxygen atoms in total. The predicted molar refractivity (Wildman–Crippen MR) is 132 cm³/mol. The molecule has 2 saturated heterocycles. The molecular weight excluding hydrogens is 485 g/mol. The van der Waals surface area contributed by atoms with Crippen LogP contribution in [0.2, 0.25) is 0 Å². The van der Waals surface area contributed by atoms with Gasteiger partial charge in [-0.15, -0.1) is 0 Å². The van der Waals surface area contributed by atoms with E-state index in [0.717, 1.165) is 5.56 Å². The van der Waals surface area contributed by atoms with E-state index in [9.17, 15) is 33.7 Å². The summed E-state index contributed by atoms with van der Waals surface area (Å²) in [5, 5.41) is 31.3. The summed E-state index contributed by atoms with van der Waals surface area (Å²) in [6.45, 7) is 3.79. The van der Waals surface area contributed by atoms with E-state index in [1.165, 1.54) is 11.0 Å². The molecule has 2 aliphatic rings. The van der Waals surface area contributed by atoms with Crippen LogP contribution in [0.4, 0.5) is 13.6 Å². The Hall–Kier alpha value is -3.01. The van der Waals surface area contributed by atoms with E-state index in [1.54, 1.807) is 43.0 Å². The molecule has 0 radical (unpaired) electrons. The van der Waals surface area contributed by atoms with Gasteiger partial charge in [0.05, 0.1) is 19.1 Å². The molecule has 37 heavy (non-hydrogen) atoms. The number of hydrogen-bond donors (Lipinski definition) is 3. The third-order valence-corrected chi connectivity index (χ3v) is 6.82. The molecule has 1 unspecified atom stereocenters. The van der Waals surface area contributed by atoms with Crippen molar-refractivity contribution in [3.05, 3.63) is 47.5 Å². The zero-order valence-electron chi connectivity index (χ0n) is 21.1. The van der Waals surface area contributed by atoms with E-state index in [2.05, 4.69) is 5.32 Å². The average Bonchev–Trinajstić information content (AvgIpc) is 3.47. The summed E-state index contributed by atoms with van der Waals surface area (Å²) in [7, 11) is -1.78. The molecule has 2 amide bonds. The monoisotopic (exact) mass is 518 g/mol. The van der Waals surface area contributed by atoms with Gasteiger partial charge in [0, 0.05) is 37.5 Å². The highest BCUT2D eigenvalue weighted by Crippen LogP contribution is 2.33. The van der Waals surface area contributed by atoms with Crippen LogP contribution in [0, 0.1) is 17.2 Å². The number of benzene rings is 1. The van der Waals surface area contributed by atoms with Crippen LogP contribution in [0.1, 0.15) is 32.3 Å². The molecule has 0 aliphatic carbocycles. The normalized spacial score (nSPS) is 20.8. The lowest BCUT2D eigenvalue weighted by Gasteiger charge is -2.33. The predicted octanol–water partition coefficient (Wildman–Crippen LogP) is 1.75. The SMILES string of the molecule is CC(C)(C=C(C#N)C(=O)N1CC[C@H](COC(=O)NC(Cc2ccccc2)B(O)O)C1)N1CCC(F)(F)C1. The van der Waals surface area contributed by atoms with Gasteiger partial charge in [-0.3, -0.25) is 9.69 Å². The number of carbonyl (C=O) groups excluding carboxylic acids is 2. The van der Waals surface area contributed by atoms with Crippen LogP contribution in [0.25, 0.3) is 0 Å².